The monoisotopic (exact) mass is 299 g/mol. The Labute approximate surface area is 113 Å². The van der Waals surface area contributed by atoms with E-state index in [9.17, 15) is 0 Å². The maximum absolute atomic E-state index is 6.08. The van der Waals surface area contributed by atoms with Crippen LogP contribution in [-0.4, -0.2) is 19.7 Å². The molecule has 0 amide bonds. The van der Waals surface area contributed by atoms with E-state index < -0.39 is 0 Å². The molecule has 2 unspecified atom stereocenters. The van der Waals surface area contributed by atoms with E-state index in [4.69, 9.17) is 4.74 Å². The van der Waals surface area contributed by atoms with E-state index in [1.807, 2.05) is 7.05 Å². The zero-order valence-corrected chi connectivity index (χ0v) is 12.5. The van der Waals surface area contributed by atoms with Crippen molar-refractivity contribution in [2.75, 3.05) is 13.6 Å². The smallest absolute Gasteiger partial charge is 0.0952 e. The maximum Gasteiger partial charge on any atom is 0.0952 e. The van der Waals surface area contributed by atoms with Gasteiger partial charge in [0.25, 0.3) is 0 Å². The molecule has 0 bridgehead atoms. The Morgan fingerprint density at radius 3 is 2.47 bits per heavy atom. The molecule has 2 atom stereocenters. The van der Waals surface area contributed by atoms with Crippen LogP contribution in [0.4, 0.5) is 0 Å². The van der Waals surface area contributed by atoms with Crippen LogP contribution in [0.15, 0.2) is 28.7 Å². The molecule has 1 aromatic carbocycles. The van der Waals surface area contributed by atoms with Crippen molar-refractivity contribution in [1.82, 2.24) is 5.32 Å². The van der Waals surface area contributed by atoms with Crippen molar-refractivity contribution in [3.63, 3.8) is 0 Å². The largest absolute Gasteiger partial charge is 0.369 e. The summed E-state index contributed by atoms with van der Waals surface area (Å²) in [6.07, 6.45) is 2.71. The third-order valence-corrected chi connectivity index (χ3v) is 3.25. The van der Waals surface area contributed by atoms with E-state index in [1.165, 1.54) is 5.56 Å². The average Bonchev–Trinajstić information content (AvgIpc) is 2.30. The Morgan fingerprint density at radius 2 is 1.94 bits per heavy atom. The van der Waals surface area contributed by atoms with Gasteiger partial charge in [-0.05, 0) is 38.1 Å². The summed E-state index contributed by atoms with van der Waals surface area (Å²) in [5.74, 6) is 0. The predicted octanol–water partition coefficient (Wildman–Crippen LogP) is 3.91. The van der Waals surface area contributed by atoms with Crippen LogP contribution in [0, 0.1) is 0 Å². The highest BCUT2D eigenvalue weighted by molar-refractivity contribution is 9.10. The highest BCUT2D eigenvalue weighted by atomic mass is 79.9. The van der Waals surface area contributed by atoms with Gasteiger partial charge in [0, 0.05) is 11.0 Å². The molecule has 3 heteroatoms. The fraction of sp³-hybridized carbons (Fsp3) is 0.571. The molecule has 0 saturated heterocycles. The topological polar surface area (TPSA) is 21.3 Å². The second kappa shape index (κ2) is 7.85. The normalized spacial score (nSPS) is 14.6. The van der Waals surface area contributed by atoms with Crippen LogP contribution < -0.4 is 5.32 Å². The highest BCUT2D eigenvalue weighted by Crippen LogP contribution is 2.22. The minimum Gasteiger partial charge on any atom is -0.369 e. The van der Waals surface area contributed by atoms with Crippen LogP contribution in [0.2, 0.25) is 0 Å². The first-order valence-corrected chi connectivity index (χ1v) is 7.02. The Bertz CT molecular complexity index is 313. The zero-order chi connectivity index (χ0) is 12.7. The molecule has 0 aliphatic rings. The summed E-state index contributed by atoms with van der Waals surface area (Å²) < 4.78 is 7.18. The summed E-state index contributed by atoms with van der Waals surface area (Å²) in [5, 5.41) is 3.19. The number of ether oxygens (including phenoxy) is 1. The van der Waals surface area contributed by atoms with Crippen molar-refractivity contribution in [3.05, 3.63) is 34.3 Å². The van der Waals surface area contributed by atoms with Crippen molar-refractivity contribution in [2.45, 2.75) is 38.9 Å². The van der Waals surface area contributed by atoms with Crippen LogP contribution in [0.5, 0.6) is 0 Å². The molecule has 0 radical (unpaired) electrons. The summed E-state index contributed by atoms with van der Waals surface area (Å²) >= 11 is 3.45. The quantitative estimate of drug-likeness (QED) is 0.824. The SMILES string of the molecule is CCCC(C)OC(CNC)c1ccc(Br)cc1. The highest BCUT2D eigenvalue weighted by Gasteiger charge is 2.14. The van der Waals surface area contributed by atoms with E-state index in [2.05, 4.69) is 59.4 Å². The number of rotatable bonds is 7. The van der Waals surface area contributed by atoms with Crippen molar-refractivity contribution in [1.29, 1.82) is 0 Å². The first-order valence-electron chi connectivity index (χ1n) is 6.22. The van der Waals surface area contributed by atoms with Gasteiger partial charge < -0.3 is 10.1 Å². The number of nitrogens with one attached hydrogen (secondary N) is 1. The van der Waals surface area contributed by atoms with E-state index in [0.717, 1.165) is 23.9 Å². The number of hydrogen-bond acceptors (Lipinski definition) is 2. The predicted molar refractivity (Wildman–Crippen MR) is 76.3 cm³/mol. The van der Waals surface area contributed by atoms with Gasteiger partial charge >= 0.3 is 0 Å². The molecule has 0 heterocycles. The lowest BCUT2D eigenvalue weighted by Crippen LogP contribution is -2.23. The van der Waals surface area contributed by atoms with Gasteiger partial charge in [-0.25, -0.2) is 0 Å². The van der Waals surface area contributed by atoms with E-state index >= 15 is 0 Å². The summed E-state index contributed by atoms with van der Waals surface area (Å²) in [5.41, 5.74) is 1.23. The molecule has 0 aliphatic carbocycles. The number of halogens is 1. The van der Waals surface area contributed by atoms with E-state index in [1.54, 1.807) is 0 Å². The lowest BCUT2D eigenvalue weighted by molar-refractivity contribution is -0.00631. The van der Waals surface area contributed by atoms with Gasteiger partial charge in [-0.1, -0.05) is 41.4 Å². The first kappa shape index (κ1) is 14.7. The Morgan fingerprint density at radius 1 is 1.29 bits per heavy atom. The van der Waals surface area contributed by atoms with Gasteiger partial charge in [0.2, 0.25) is 0 Å². The molecule has 0 fully saturated rings. The third kappa shape index (κ3) is 5.19. The molecular weight excluding hydrogens is 278 g/mol. The first-order chi connectivity index (χ1) is 8.17. The maximum atomic E-state index is 6.08. The Kier molecular flexibility index (Phi) is 6.78. The van der Waals surface area contributed by atoms with Crippen molar-refractivity contribution < 1.29 is 4.74 Å². The minimum absolute atomic E-state index is 0.134. The van der Waals surface area contributed by atoms with Crippen LogP contribution in [-0.2, 0) is 4.74 Å². The van der Waals surface area contributed by atoms with Crippen LogP contribution in [0.1, 0.15) is 38.4 Å². The molecule has 0 spiro atoms. The van der Waals surface area contributed by atoms with Gasteiger partial charge in [-0.2, -0.15) is 0 Å². The van der Waals surface area contributed by atoms with Crippen molar-refractivity contribution >= 4 is 15.9 Å². The molecule has 17 heavy (non-hydrogen) atoms. The van der Waals surface area contributed by atoms with Crippen molar-refractivity contribution in [3.8, 4) is 0 Å². The third-order valence-electron chi connectivity index (χ3n) is 2.72. The minimum atomic E-state index is 0.134. The lowest BCUT2D eigenvalue weighted by Gasteiger charge is -2.22. The van der Waals surface area contributed by atoms with Gasteiger partial charge in [0.05, 0.1) is 12.2 Å². The van der Waals surface area contributed by atoms with Gasteiger partial charge in [-0.3, -0.25) is 0 Å². The Balaban J connectivity index is 2.67. The fourth-order valence-electron chi connectivity index (χ4n) is 1.86. The molecule has 1 aromatic rings. The summed E-state index contributed by atoms with van der Waals surface area (Å²) in [4.78, 5) is 0. The molecule has 96 valence electrons. The number of likely N-dealkylation sites (N-methyl/N-ethyl adjacent to an activating group) is 1. The lowest BCUT2D eigenvalue weighted by atomic mass is 10.1. The second-order valence-electron chi connectivity index (χ2n) is 4.33. The van der Waals surface area contributed by atoms with E-state index in [-0.39, 0.29) is 6.10 Å². The van der Waals surface area contributed by atoms with Crippen LogP contribution in [0.3, 0.4) is 0 Å². The number of benzene rings is 1. The average molecular weight is 300 g/mol. The molecule has 2 nitrogen and oxygen atoms in total. The van der Waals surface area contributed by atoms with Crippen LogP contribution in [0.25, 0.3) is 0 Å². The Hall–Kier alpha value is -0.380. The van der Waals surface area contributed by atoms with Gasteiger partial charge in [0.15, 0.2) is 0 Å². The zero-order valence-electron chi connectivity index (χ0n) is 10.9. The molecule has 0 aromatic heterocycles. The molecule has 0 saturated carbocycles. The van der Waals surface area contributed by atoms with Crippen molar-refractivity contribution in [2.24, 2.45) is 0 Å². The van der Waals surface area contributed by atoms with E-state index in [0.29, 0.717) is 6.10 Å². The molecular formula is C14H22BrNO. The summed E-state index contributed by atoms with van der Waals surface area (Å²) in [7, 11) is 1.96. The molecule has 1 N–H and O–H groups in total. The molecule has 1 rings (SSSR count). The summed E-state index contributed by atoms with van der Waals surface area (Å²) in [6.45, 7) is 5.17. The standard InChI is InChI=1S/C14H22BrNO/c1-4-5-11(2)17-14(10-16-3)12-6-8-13(15)9-7-12/h6-9,11,14,16H,4-5,10H2,1-3H3. The summed E-state index contributed by atoms with van der Waals surface area (Å²) in [6, 6.07) is 8.35. The fourth-order valence-corrected chi connectivity index (χ4v) is 2.13. The second-order valence-corrected chi connectivity index (χ2v) is 5.25. The van der Waals surface area contributed by atoms with Gasteiger partial charge in [-0.15, -0.1) is 0 Å². The number of hydrogen-bond donors (Lipinski definition) is 1. The van der Waals surface area contributed by atoms with Crippen LogP contribution >= 0.6 is 15.9 Å². The molecule has 0 aliphatic heterocycles. The van der Waals surface area contributed by atoms with Gasteiger partial charge in [0.1, 0.15) is 0 Å².